The van der Waals surface area contributed by atoms with Crippen molar-refractivity contribution >= 4 is 80.5 Å². The molecule has 0 saturated heterocycles. The zero-order valence-corrected chi connectivity index (χ0v) is 39.5. The Morgan fingerprint density at radius 2 is 1.62 bits per heavy atom. The van der Waals surface area contributed by atoms with Gasteiger partial charge < -0.3 is 56.8 Å². The topological polar surface area (TPSA) is 323 Å². The van der Waals surface area contributed by atoms with Gasteiger partial charge in [0.05, 0.1) is 36.0 Å². The Hall–Kier alpha value is -6.46. The molecule has 5 aromatic rings. The van der Waals surface area contributed by atoms with E-state index >= 15 is 0 Å². The summed E-state index contributed by atoms with van der Waals surface area (Å²) in [7, 11) is 0. The van der Waals surface area contributed by atoms with E-state index in [4.69, 9.17) is 22.4 Å². The molecule has 2 amide bonds. The number of amides is 2. The van der Waals surface area contributed by atoms with Crippen LogP contribution in [0.4, 0.5) is 17.3 Å². The van der Waals surface area contributed by atoms with E-state index in [0.717, 1.165) is 0 Å². The van der Waals surface area contributed by atoms with Gasteiger partial charge >= 0.3 is 65.1 Å². The molecule has 0 bridgehead atoms. The van der Waals surface area contributed by atoms with Gasteiger partial charge in [-0.05, 0) is 78.8 Å². The van der Waals surface area contributed by atoms with Gasteiger partial charge in [0, 0.05) is 59.0 Å². The Morgan fingerprint density at radius 1 is 0.892 bits per heavy atom. The normalized spacial score (nSPS) is 11.1. The van der Waals surface area contributed by atoms with Crippen molar-refractivity contribution in [2.45, 2.75) is 25.4 Å². The number of nitrogens with zero attached hydrogens (tertiary/aromatic N) is 3. The number of nitrogen functional groups attached to an aromatic ring is 1. The van der Waals surface area contributed by atoms with Crippen LogP contribution in [0.3, 0.4) is 0 Å². The summed E-state index contributed by atoms with van der Waals surface area (Å²) < 4.78 is 5.83. The Bertz CT molecular complexity index is 3040. The van der Waals surface area contributed by atoms with Crippen molar-refractivity contribution in [3.63, 3.8) is 0 Å². The molecule has 0 radical (unpaired) electrons. The van der Waals surface area contributed by atoms with Crippen LogP contribution in [0.25, 0.3) is 44.6 Å². The van der Waals surface area contributed by atoms with Gasteiger partial charge in [0.15, 0.2) is 21.7 Å². The van der Waals surface area contributed by atoms with Crippen molar-refractivity contribution < 1.29 is 98.0 Å². The number of thiocarbonyl (C=S) groups is 1. The van der Waals surface area contributed by atoms with Crippen molar-refractivity contribution in [2.75, 3.05) is 29.5 Å². The number of aromatic nitrogens is 4. The Balaban J connectivity index is 0.00000397. The molecule has 20 nitrogen and oxygen atoms in total. The number of nitrogens with one attached hydrogen (secondary N) is 6. The number of carbonyl (C=O) groups excluding carboxylic acids is 3. The monoisotopic (exact) mass is 916 g/mol. The van der Waals surface area contributed by atoms with E-state index in [1.165, 1.54) is 60.8 Å². The summed E-state index contributed by atoms with van der Waals surface area (Å²) in [6, 6.07) is 17.5. The first-order valence-corrected chi connectivity index (χ1v) is 19.4. The van der Waals surface area contributed by atoms with Crippen LogP contribution in [-0.4, -0.2) is 73.0 Å². The van der Waals surface area contributed by atoms with Crippen LogP contribution in [0.5, 0.6) is 5.75 Å². The number of H-pyrrole nitrogens is 1. The molecule has 2 aliphatic rings. The number of aromatic carboxylic acids is 1. The van der Waals surface area contributed by atoms with Crippen LogP contribution in [0.1, 0.15) is 39.3 Å². The SMILES string of the molecule is Nc1nc2ncc(CNc3ccc(C(=O)N[C@@H](CCC(=O)NCCNC(=S)Nc4ccc(-c5c6ccc(=O)cc-6oc6cc([O-])ccc56)c(C(=O)O)c4)C(=O)[O-])cc3)nc2c(=O)[nH]1.[Na+].[Na+]. The number of nitrogens with two attached hydrogens (primary N) is 1. The predicted molar refractivity (Wildman–Crippen MR) is 230 cm³/mol. The van der Waals surface area contributed by atoms with Crippen molar-refractivity contribution in [3.05, 3.63) is 122 Å². The number of aliphatic carboxylic acids is 1. The van der Waals surface area contributed by atoms with Crippen LogP contribution in [-0.2, 0) is 16.1 Å². The van der Waals surface area contributed by atoms with Crippen molar-refractivity contribution in [2.24, 2.45) is 0 Å². The van der Waals surface area contributed by atoms with Gasteiger partial charge in [-0.25, -0.2) is 14.8 Å². The fraction of sp³-hybridized carbons (Fsp3) is 0.143. The maximum absolute atomic E-state index is 12.9. The molecule has 320 valence electrons. The summed E-state index contributed by atoms with van der Waals surface area (Å²) in [6.07, 6.45) is 0.930. The number of carbonyl (C=O) groups is 4. The van der Waals surface area contributed by atoms with Gasteiger partial charge in [0.2, 0.25) is 11.9 Å². The summed E-state index contributed by atoms with van der Waals surface area (Å²) in [5, 5.41) is 48.6. The second kappa shape index (κ2) is 22.0. The second-order valence-electron chi connectivity index (χ2n) is 13.9. The quantitative estimate of drug-likeness (QED) is 0.0207. The Morgan fingerprint density at radius 3 is 2.35 bits per heavy atom. The average Bonchev–Trinajstić information content (AvgIpc) is 3.25. The van der Waals surface area contributed by atoms with Gasteiger partial charge in [-0.3, -0.25) is 24.2 Å². The van der Waals surface area contributed by atoms with Crippen molar-refractivity contribution in [1.82, 2.24) is 35.9 Å². The predicted octanol–water partition coefficient (Wildman–Crippen LogP) is -4.70. The molecule has 9 N–H and O–H groups in total. The first kappa shape index (κ1) is 49.6. The zero-order valence-electron chi connectivity index (χ0n) is 34.6. The van der Waals surface area contributed by atoms with Gasteiger partial charge in [0.1, 0.15) is 11.3 Å². The van der Waals surface area contributed by atoms with E-state index in [1.54, 1.807) is 24.3 Å². The van der Waals surface area contributed by atoms with Crippen LogP contribution in [0, 0.1) is 0 Å². The van der Waals surface area contributed by atoms with Crippen molar-refractivity contribution in [1.29, 1.82) is 0 Å². The van der Waals surface area contributed by atoms with E-state index in [0.29, 0.717) is 39.1 Å². The molecule has 3 aromatic carbocycles. The summed E-state index contributed by atoms with van der Waals surface area (Å²) in [6.45, 7) is 0.404. The Labute approximate surface area is 416 Å². The van der Waals surface area contributed by atoms with E-state index < -0.39 is 35.4 Å². The number of carboxylic acids is 2. The third kappa shape index (κ3) is 12.2. The maximum Gasteiger partial charge on any atom is 1.00 e. The minimum atomic E-state index is -1.57. The molecule has 1 atom stereocenters. The molecule has 7 rings (SSSR count). The minimum absolute atomic E-state index is 0. The number of carboxylic acid groups (broad SMARTS) is 2. The molecule has 65 heavy (non-hydrogen) atoms. The van der Waals surface area contributed by atoms with E-state index in [2.05, 4.69) is 46.5 Å². The largest absolute Gasteiger partial charge is 1.00 e. The molecule has 0 spiro atoms. The maximum atomic E-state index is 12.9. The molecule has 1 aliphatic heterocycles. The first-order valence-electron chi connectivity index (χ1n) is 19.0. The van der Waals surface area contributed by atoms with E-state index in [9.17, 15) is 44.1 Å². The molecule has 2 aromatic heterocycles. The fourth-order valence-corrected chi connectivity index (χ4v) is 6.77. The molecular formula is C42H34N10Na2O10S. The zero-order chi connectivity index (χ0) is 44.8. The van der Waals surface area contributed by atoms with E-state index in [1.807, 2.05) is 0 Å². The van der Waals surface area contributed by atoms with Crippen LogP contribution < -0.4 is 113 Å². The molecule has 0 unspecified atom stereocenters. The molecule has 3 heterocycles. The molecule has 23 heteroatoms. The minimum Gasteiger partial charge on any atom is -0.872 e. The number of rotatable bonds is 15. The molecule has 0 saturated carbocycles. The van der Waals surface area contributed by atoms with Crippen LogP contribution in [0.2, 0.25) is 0 Å². The van der Waals surface area contributed by atoms with Crippen molar-refractivity contribution in [3.8, 4) is 28.2 Å². The Kier molecular flexibility index (Phi) is 16.7. The number of hydrogen-bond acceptors (Lipinski definition) is 15. The number of benzene rings is 4. The van der Waals surface area contributed by atoms with Gasteiger partial charge in [0.25, 0.3) is 11.5 Å². The number of hydrogen-bond donors (Lipinski definition) is 8. The fourth-order valence-electron chi connectivity index (χ4n) is 6.55. The second-order valence-corrected chi connectivity index (χ2v) is 14.3. The summed E-state index contributed by atoms with van der Waals surface area (Å²) in [4.78, 5) is 88.7. The van der Waals surface area contributed by atoms with Gasteiger partial charge in [-0.15, -0.1) is 5.75 Å². The molecular weight excluding hydrogens is 883 g/mol. The molecule has 0 fully saturated rings. The third-order valence-electron chi connectivity index (χ3n) is 9.53. The summed E-state index contributed by atoms with van der Waals surface area (Å²) in [5.74, 6) is -4.24. The summed E-state index contributed by atoms with van der Waals surface area (Å²) >= 11 is 5.37. The van der Waals surface area contributed by atoms with Gasteiger partial charge in [-0.1, -0.05) is 18.2 Å². The van der Waals surface area contributed by atoms with Crippen LogP contribution in [0.15, 0.2) is 99.1 Å². The van der Waals surface area contributed by atoms with E-state index in [-0.39, 0.29) is 147 Å². The number of anilines is 3. The summed E-state index contributed by atoms with van der Waals surface area (Å²) in [5.41, 5.74) is 7.63. The number of aromatic amines is 1. The number of fused-ring (bicyclic) bond motifs is 3. The van der Waals surface area contributed by atoms with Crippen LogP contribution >= 0.6 is 12.2 Å². The molecule has 1 aliphatic carbocycles. The standard InChI is InChI=1S/C42H36N10O10S.2Na/c43-41-51-36-35(38(57)52-41)48-23(19-47-36)18-46-21-3-1-20(2-4-21)37(56)50-30(40(60)61)11-12-33(55)44-13-14-45-42(63)49-22-5-8-26(29(15-22)39(58)59)34-27-9-6-24(53)16-31(27)62-32-17-25(54)7-10-28(32)34;;/h1-10,15-17,19,30,46,53H,11-14,18H2,(H,44,55)(H,50,56)(H,58,59)(H,60,61)(H2,45,49,63)(H3,43,47,51,52,57);;/q;2*+1/p-2/t30-;;/m0../s1. The van der Waals surface area contributed by atoms with Gasteiger partial charge in [-0.2, -0.15) is 4.98 Å². The smallest absolute Gasteiger partial charge is 0.872 e. The third-order valence-corrected chi connectivity index (χ3v) is 9.78. The first-order chi connectivity index (χ1) is 30.2. The average molecular weight is 917 g/mol.